The van der Waals surface area contributed by atoms with Gasteiger partial charge in [0.1, 0.15) is 5.52 Å². The van der Waals surface area contributed by atoms with Gasteiger partial charge in [0.2, 0.25) is 0 Å². The highest BCUT2D eigenvalue weighted by Gasteiger charge is 2.29. The molecule has 3 heterocycles. The minimum Gasteiger partial charge on any atom is -0.459 e. The monoisotopic (exact) mass is 406 g/mol. The topological polar surface area (TPSA) is 89.7 Å². The SMILES string of the molecule is CS(=O)(=O)c1cccc2sc(N(C[C@@H]3CCCO3)C(=O)c3ccco3)nc12. The zero-order valence-corrected chi connectivity index (χ0v) is 16.3. The lowest BCUT2D eigenvalue weighted by Crippen LogP contribution is -2.37. The van der Waals surface area contributed by atoms with E-state index in [9.17, 15) is 13.2 Å². The first-order valence-corrected chi connectivity index (χ1v) is 11.2. The molecule has 9 heteroatoms. The summed E-state index contributed by atoms with van der Waals surface area (Å²) in [6.07, 6.45) is 4.33. The number of para-hydroxylation sites is 1. The molecule has 3 aromatic rings. The van der Waals surface area contributed by atoms with Crippen LogP contribution >= 0.6 is 11.3 Å². The molecular formula is C18H18N2O5S2. The highest BCUT2D eigenvalue weighted by Crippen LogP contribution is 2.34. The van der Waals surface area contributed by atoms with E-state index in [1.807, 2.05) is 0 Å². The third-order valence-corrected chi connectivity index (χ3v) is 6.56. The number of nitrogens with zero attached hydrogens (tertiary/aromatic N) is 2. The Morgan fingerprint density at radius 1 is 1.33 bits per heavy atom. The van der Waals surface area contributed by atoms with Crippen LogP contribution in [0.1, 0.15) is 23.4 Å². The summed E-state index contributed by atoms with van der Waals surface area (Å²) in [5.41, 5.74) is 0.379. The van der Waals surface area contributed by atoms with Gasteiger partial charge in [-0.25, -0.2) is 13.4 Å². The van der Waals surface area contributed by atoms with E-state index in [1.54, 1.807) is 24.3 Å². The number of ether oxygens (including phenoxy) is 1. The molecule has 7 nitrogen and oxygen atoms in total. The fourth-order valence-electron chi connectivity index (χ4n) is 3.10. The summed E-state index contributed by atoms with van der Waals surface area (Å²) in [7, 11) is -3.43. The molecule has 0 saturated carbocycles. The van der Waals surface area contributed by atoms with Crippen molar-refractivity contribution in [3.63, 3.8) is 0 Å². The molecule has 1 atom stereocenters. The highest BCUT2D eigenvalue weighted by atomic mass is 32.2. The maximum Gasteiger partial charge on any atom is 0.295 e. The Kier molecular flexibility index (Phi) is 4.75. The first-order valence-electron chi connectivity index (χ1n) is 8.50. The average Bonchev–Trinajstić information content (AvgIpc) is 3.38. The van der Waals surface area contributed by atoms with Gasteiger partial charge in [-0.15, -0.1) is 0 Å². The Balaban J connectivity index is 1.78. The second-order valence-electron chi connectivity index (χ2n) is 6.40. The molecule has 2 aromatic heterocycles. The fourth-order valence-corrected chi connectivity index (χ4v) is 5.00. The van der Waals surface area contributed by atoms with Crippen LogP contribution in [-0.4, -0.2) is 44.8 Å². The van der Waals surface area contributed by atoms with Crippen LogP contribution in [0.15, 0.2) is 45.9 Å². The molecule has 1 fully saturated rings. The van der Waals surface area contributed by atoms with E-state index in [0.29, 0.717) is 28.5 Å². The van der Waals surface area contributed by atoms with Crippen molar-refractivity contribution in [3.05, 3.63) is 42.4 Å². The van der Waals surface area contributed by atoms with Gasteiger partial charge < -0.3 is 9.15 Å². The average molecular weight is 406 g/mol. The normalized spacial score (nSPS) is 17.4. The molecule has 1 aromatic carbocycles. The van der Waals surface area contributed by atoms with Crippen LogP contribution in [0.25, 0.3) is 10.2 Å². The Morgan fingerprint density at radius 2 is 2.19 bits per heavy atom. The number of rotatable bonds is 5. The molecule has 0 unspecified atom stereocenters. The smallest absolute Gasteiger partial charge is 0.295 e. The molecule has 1 amide bonds. The molecule has 27 heavy (non-hydrogen) atoms. The number of thiazole rings is 1. The molecule has 142 valence electrons. The minimum absolute atomic E-state index is 0.0784. The van der Waals surface area contributed by atoms with Gasteiger partial charge in [-0.05, 0) is 37.1 Å². The third kappa shape index (κ3) is 3.62. The first kappa shape index (κ1) is 18.1. The number of hydrogen-bond acceptors (Lipinski definition) is 7. The summed E-state index contributed by atoms with van der Waals surface area (Å²) >= 11 is 1.28. The predicted octanol–water partition coefficient (Wildman–Crippen LogP) is 3.12. The summed E-state index contributed by atoms with van der Waals surface area (Å²) in [6, 6.07) is 8.25. The van der Waals surface area contributed by atoms with Crippen LogP contribution in [0.5, 0.6) is 0 Å². The molecule has 0 bridgehead atoms. The maximum absolute atomic E-state index is 13.0. The Morgan fingerprint density at radius 3 is 2.85 bits per heavy atom. The number of anilines is 1. The summed E-state index contributed by atoms with van der Waals surface area (Å²) in [6.45, 7) is 1.01. The molecule has 0 radical (unpaired) electrons. The van der Waals surface area contributed by atoms with Gasteiger partial charge >= 0.3 is 0 Å². The number of aromatic nitrogens is 1. The number of sulfone groups is 1. The number of carbonyl (C=O) groups excluding carboxylic acids is 1. The van der Waals surface area contributed by atoms with Gasteiger partial charge in [-0.2, -0.15) is 0 Å². The number of amides is 1. The van der Waals surface area contributed by atoms with Crippen molar-refractivity contribution in [2.24, 2.45) is 0 Å². The van der Waals surface area contributed by atoms with Crippen molar-refractivity contribution >= 4 is 42.4 Å². The largest absolute Gasteiger partial charge is 0.459 e. The van der Waals surface area contributed by atoms with Gasteiger partial charge in [-0.3, -0.25) is 9.69 Å². The number of benzene rings is 1. The number of furan rings is 1. The highest BCUT2D eigenvalue weighted by molar-refractivity contribution is 7.91. The van der Waals surface area contributed by atoms with Gasteiger partial charge in [0.25, 0.3) is 5.91 Å². The van der Waals surface area contributed by atoms with E-state index >= 15 is 0 Å². The van der Waals surface area contributed by atoms with Crippen LogP contribution in [0.2, 0.25) is 0 Å². The summed E-state index contributed by atoms with van der Waals surface area (Å²) in [5, 5.41) is 0.429. The van der Waals surface area contributed by atoms with Crippen LogP contribution < -0.4 is 4.90 Å². The quantitative estimate of drug-likeness (QED) is 0.647. The van der Waals surface area contributed by atoms with Crippen LogP contribution in [0.3, 0.4) is 0 Å². The lowest BCUT2D eigenvalue weighted by molar-refractivity contribution is 0.0895. The Labute approximate surface area is 160 Å². The summed E-state index contributed by atoms with van der Waals surface area (Å²) in [5.74, 6) is -0.119. The summed E-state index contributed by atoms with van der Waals surface area (Å²) < 4.78 is 35.8. The third-order valence-electron chi connectivity index (χ3n) is 4.39. The van der Waals surface area contributed by atoms with Gasteiger partial charge in [0, 0.05) is 12.9 Å². The second-order valence-corrected chi connectivity index (χ2v) is 9.39. The number of carbonyl (C=O) groups is 1. The number of hydrogen-bond donors (Lipinski definition) is 0. The first-order chi connectivity index (χ1) is 12.9. The van der Waals surface area contributed by atoms with Crippen LogP contribution in [-0.2, 0) is 14.6 Å². The minimum atomic E-state index is -3.43. The molecule has 4 rings (SSSR count). The van der Waals surface area contributed by atoms with Crippen molar-refractivity contribution in [1.29, 1.82) is 0 Å². The molecule has 0 aliphatic carbocycles. The van der Waals surface area contributed by atoms with Crippen LogP contribution in [0, 0.1) is 0 Å². The zero-order valence-electron chi connectivity index (χ0n) is 14.6. The molecule has 0 N–H and O–H groups in total. The van der Waals surface area contributed by atoms with Gasteiger partial charge in [0.15, 0.2) is 20.7 Å². The van der Waals surface area contributed by atoms with Crippen molar-refractivity contribution < 1.29 is 22.4 Å². The van der Waals surface area contributed by atoms with Crippen molar-refractivity contribution in [2.45, 2.75) is 23.8 Å². The standard InChI is InChI=1S/C18H18N2O5S2/c1-27(22,23)15-8-2-7-14-16(15)19-18(26-14)20(11-12-5-3-9-24-12)17(21)13-6-4-10-25-13/h2,4,6-8,10,12H,3,5,9,11H2,1H3/t12-/m0/s1. The molecule has 0 spiro atoms. The van der Waals surface area contributed by atoms with E-state index in [4.69, 9.17) is 9.15 Å². The maximum atomic E-state index is 13.0. The fraction of sp³-hybridized carbons (Fsp3) is 0.333. The van der Waals surface area contributed by atoms with E-state index in [0.717, 1.165) is 19.1 Å². The zero-order chi connectivity index (χ0) is 19.0. The molecule has 1 aliphatic rings. The van der Waals surface area contributed by atoms with Gasteiger partial charge in [-0.1, -0.05) is 17.4 Å². The van der Waals surface area contributed by atoms with Crippen LogP contribution in [0.4, 0.5) is 5.13 Å². The van der Waals surface area contributed by atoms with Crippen molar-refractivity contribution in [1.82, 2.24) is 4.98 Å². The van der Waals surface area contributed by atoms with E-state index < -0.39 is 9.84 Å². The van der Waals surface area contributed by atoms with Gasteiger partial charge in [0.05, 0.1) is 28.5 Å². The van der Waals surface area contributed by atoms with E-state index in [2.05, 4.69) is 4.98 Å². The van der Waals surface area contributed by atoms with Crippen molar-refractivity contribution in [2.75, 3.05) is 24.3 Å². The van der Waals surface area contributed by atoms with Crippen molar-refractivity contribution in [3.8, 4) is 0 Å². The number of fused-ring (bicyclic) bond motifs is 1. The lowest BCUT2D eigenvalue weighted by Gasteiger charge is -2.22. The molecule has 1 aliphatic heterocycles. The predicted molar refractivity (Wildman–Crippen MR) is 102 cm³/mol. The lowest BCUT2D eigenvalue weighted by atomic mass is 10.2. The second kappa shape index (κ2) is 7.06. The Hall–Kier alpha value is -2.23. The summed E-state index contributed by atoms with van der Waals surface area (Å²) in [4.78, 5) is 19.2. The molecular weight excluding hydrogens is 388 g/mol. The van der Waals surface area contributed by atoms with E-state index in [1.165, 1.54) is 28.6 Å². The Bertz CT molecular complexity index is 1070. The molecule has 1 saturated heterocycles. The van der Waals surface area contributed by atoms with E-state index in [-0.39, 0.29) is 22.7 Å².